The van der Waals surface area contributed by atoms with E-state index in [9.17, 15) is 9.90 Å². The molecule has 4 saturated carbocycles. The Hall–Kier alpha value is -0.770. The van der Waals surface area contributed by atoms with Crippen LogP contribution in [0.15, 0.2) is 0 Å². The van der Waals surface area contributed by atoms with Gasteiger partial charge in [-0.05, 0) is 69.1 Å². The van der Waals surface area contributed by atoms with Crippen LogP contribution in [0.3, 0.4) is 0 Å². The number of nitrogens with zero attached hydrogens (tertiary/aromatic N) is 1. The van der Waals surface area contributed by atoms with Crippen LogP contribution in [0.25, 0.3) is 0 Å². The number of aliphatic hydroxyl groups is 1. The smallest absolute Gasteiger partial charge is 0.317 e. The standard InChI is InChI=1S/C16H26N2O2/c19-14-2-1-3-18(10-14)15(20)17-16-7-11-4-12(8-16)6-13(5-11)9-16/h11-14,19H,1-10H2,(H,17,20)/t11?,12?,13?,14-,16?/m0/s1. The number of amides is 2. The summed E-state index contributed by atoms with van der Waals surface area (Å²) < 4.78 is 0. The molecule has 5 rings (SSSR count). The molecule has 20 heavy (non-hydrogen) atoms. The summed E-state index contributed by atoms with van der Waals surface area (Å²) in [5.74, 6) is 2.57. The second-order valence-corrected chi connectivity index (χ2v) is 7.87. The summed E-state index contributed by atoms with van der Waals surface area (Å²) in [6.45, 7) is 1.31. The molecule has 1 heterocycles. The monoisotopic (exact) mass is 278 g/mol. The molecule has 0 unspecified atom stereocenters. The van der Waals surface area contributed by atoms with Gasteiger partial charge in [0.15, 0.2) is 0 Å². The maximum atomic E-state index is 12.5. The summed E-state index contributed by atoms with van der Waals surface area (Å²) in [5.41, 5.74) is 0.0915. The first-order valence-corrected chi connectivity index (χ1v) is 8.37. The van der Waals surface area contributed by atoms with Crippen molar-refractivity contribution in [3.63, 3.8) is 0 Å². The zero-order chi connectivity index (χ0) is 13.7. The number of carbonyl (C=O) groups is 1. The number of rotatable bonds is 1. The predicted octanol–water partition coefficient (Wildman–Crippen LogP) is 2.12. The zero-order valence-corrected chi connectivity index (χ0v) is 12.2. The first-order valence-electron chi connectivity index (χ1n) is 8.37. The van der Waals surface area contributed by atoms with Crippen LogP contribution >= 0.6 is 0 Å². The van der Waals surface area contributed by atoms with Crippen molar-refractivity contribution < 1.29 is 9.90 Å². The average molecular weight is 278 g/mol. The van der Waals surface area contributed by atoms with Gasteiger partial charge in [-0.2, -0.15) is 0 Å². The van der Waals surface area contributed by atoms with Gasteiger partial charge in [-0.1, -0.05) is 0 Å². The Morgan fingerprint density at radius 1 is 1.10 bits per heavy atom. The normalized spacial score (nSPS) is 46.5. The summed E-state index contributed by atoms with van der Waals surface area (Å²) in [6.07, 6.45) is 9.22. The minimum absolute atomic E-state index is 0.0747. The van der Waals surface area contributed by atoms with Gasteiger partial charge in [0.1, 0.15) is 0 Å². The molecule has 1 atom stereocenters. The van der Waals surface area contributed by atoms with E-state index < -0.39 is 0 Å². The van der Waals surface area contributed by atoms with Gasteiger partial charge in [-0.15, -0.1) is 0 Å². The number of hydrogen-bond acceptors (Lipinski definition) is 2. The largest absolute Gasteiger partial charge is 0.391 e. The molecule has 2 N–H and O–H groups in total. The average Bonchev–Trinajstić information content (AvgIpc) is 2.36. The summed E-state index contributed by atoms with van der Waals surface area (Å²) in [6, 6.07) is 0.0747. The molecule has 4 heteroatoms. The van der Waals surface area contributed by atoms with E-state index >= 15 is 0 Å². The van der Waals surface area contributed by atoms with E-state index in [2.05, 4.69) is 5.32 Å². The highest BCUT2D eigenvalue weighted by molar-refractivity contribution is 5.75. The fourth-order valence-electron chi connectivity index (χ4n) is 5.71. The van der Waals surface area contributed by atoms with Gasteiger partial charge in [-0.25, -0.2) is 4.79 Å². The van der Waals surface area contributed by atoms with E-state index in [0.717, 1.165) is 37.1 Å². The van der Waals surface area contributed by atoms with Crippen molar-refractivity contribution in [2.75, 3.05) is 13.1 Å². The van der Waals surface area contributed by atoms with Crippen molar-refractivity contribution in [1.82, 2.24) is 10.2 Å². The maximum Gasteiger partial charge on any atom is 0.317 e. The molecule has 0 aromatic rings. The third-order valence-electron chi connectivity index (χ3n) is 6.09. The summed E-state index contributed by atoms with van der Waals surface area (Å²) in [7, 11) is 0. The molecule has 1 saturated heterocycles. The molecule has 4 nitrogen and oxygen atoms in total. The molecule has 0 radical (unpaired) electrons. The molecule has 5 fully saturated rings. The van der Waals surface area contributed by atoms with Crippen LogP contribution in [0.5, 0.6) is 0 Å². The van der Waals surface area contributed by atoms with Crippen molar-refractivity contribution in [3.05, 3.63) is 0 Å². The topological polar surface area (TPSA) is 52.6 Å². The molecule has 112 valence electrons. The quantitative estimate of drug-likeness (QED) is 0.772. The van der Waals surface area contributed by atoms with Gasteiger partial charge < -0.3 is 15.3 Å². The van der Waals surface area contributed by atoms with E-state index in [1.807, 2.05) is 4.90 Å². The molecular formula is C16H26N2O2. The van der Waals surface area contributed by atoms with Crippen LogP contribution in [0.1, 0.15) is 51.4 Å². The fourth-order valence-corrected chi connectivity index (χ4v) is 5.71. The Kier molecular flexibility index (Phi) is 2.99. The van der Waals surface area contributed by atoms with Crippen molar-refractivity contribution in [2.24, 2.45) is 17.8 Å². The number of likely N-dealkylation sites (tertiary alicyclic amines) is 1. The number of carbonyl (C=O) groups excluding carboxylic acids is 1. The van der Waals surface area contributed by atoms with Crippen molar-refractivity contribution >= 4 is 6.03 Å². The Morgan fingerprint density at radius 2 is 1.70 bits per heavy atom. The highest BCUT2D eigenvalue weighted by atomic mass is 16.3. The van der Waals surface area contributed by atoms with Crippen molar-refractivity contribution in [1.29, 1.82) is 0 Å². The number of nitrogens with one attached hydrogen (secondary N) is 1. The van der Waals surface area contributed by atoms with Crippen LogP contribution in [0.4, 0.5) is 4.79 Å². The summed E-state index contributed by atoms with van der Waals surface area (Å²) >= 11 is 0. The number of urea groups is 1. The van der Waals surface area contributed by atoms with Crippen LogP contribution in [0, 0.1) is 17.8 Å². The summed E-state index contributed by atoms with van der Waals surface area (Å²) in [4.78, 5) is 14.4. The highest BCUT2D eigenvalue weighted by Crippen LogP contribution is 2.55. The Morgan fingerprint density at radius 3 is 2.25 bits per heavy atom. The van der Waals surface area contributed by atoms with E-state index in [1.54, 1.807) is 0 Å². The van der Waals surface area contributed by atoms with E-state index in [0.29, 0.717) is 6.54 Å². The second-order valence-electron chi connectivity index (χ2n) is 7.87. The Bertz CT molecular complexity index is 374. The van der Waals surface area contributed by atoms with Gasteiger partial charge in [0.25, 0.3) is 0 Å². The number of piperidine rings is 1. The Labute approximate surface area is 120 Å². The lowest BCUT2D eigenvalue weighted by molar-refractivity contribution is -0.0173. The minimum atomic E-state index is -0.328. The molecule has 0 aromatic heterocycles. The van der Waals surface area contributed by atoms with Gasteiger partial charge >= 0.3 is 6.03 Å². The lowest BCUT2D eigenvalue weighted by atomic mass is 9.53. The molecule has 1 aliphatic heterocycles. The van der Waals surface area contributed by atoms with E-state index in [1.165, 1.54) is 38.5 Å². The number of aliphatic hydroxyl groups excluding tert-OH is 1. The van der Waals surface area contributed by atoms with Crippen LogP contribution < -0.4 is 5.32 Å². The minimum Gasteiger partial charge on any atom is -0.391 e. The van der Waals surface area contributed by atoms with Crippen LogP contribution in [-0.4, -0.2) is 40.8 Å². The molecule has 2 amide bonds. The van der Waals surface area contributed by atoms with Crippen LogP contribution in [0.2, 0.25) is 0 Å². The van der Waals surface area contributed by atoms with Crippen molar-refractivity contribution in [3.8, 4) is 0 Å². The SMILES string of the molecule is O=C(NC12CC3CC(CC(C3)C1)C2)N1CCC[C@H](O)C1. The first-order chi connectivity index (χ1) is 9.62. The molecule has 5 aliphatic rings. The first kappa shape index (κ1) is 12.9. The fraction of sp³-hybridized carbons (Fsp3) is 0.938. The van der Waals surface area contributed by atoms with E-state index in [4.69, 9.17) is 0 Å². The lowest BCUT2D eigenvalue weighted by Crippen LogP contribution is -2.62. The number of hydrogen-bond donors (Lipinski definition) is 2. The number of β-amino-alcohol motifs (C(OH)–C–C–N with tert-alkyl or cyclic N) is 1. The Balaban J connectivity index is 1.44. The third-order valence-corrected chi connectivity index (χ3v) is 6.09. The zero-order valence-electron chi connectivity index (χ0n) is 12.2. The van der Waals surface area contributed by atoms with E-state index in [-0.39, 0.29) is 17.7 Å². The van der Waals surface area contributed by atoms with Gasteiger partial charge in [0.05, 0.1) is 6.10 Å². The summed E-state index contributed by atoms with van der Waals surface area (Å²) in [5, 5.41) is 13.1. The van der Waals surface area contributed by atoms with Crippen molar-refractivity contribution in [2.45, 2.75) is 63.0 Å². The molecule has 0 spiro atoms. The maximum absolute atomic E-state index is 12.5. The van der Waals surface area contributed by atoms with Crippen LogP contribution in [-0.2, 0) is 0 Å². The molecule has 0 aromatic carbocycles. The molecule has 4 aliphatic carbocycles. The van der Waals surface area contributed by atoms with Gasteiger partial charge in [0.2, 0.25) is 0 Å². The van der Waals surface area contributed by atoms with Gasteiger partial charge in [0, 0.05) is 18.6 Å². The molecule has 4 bridgehead atoms. The lowest BCUT2D eigenvalue weighted by Gasteiger charge is -2.57. The van der Waals surface area contributed by atoms with Gasteiger partial charge in [-0.3, -0.25) is 0 Å². The predicted molar refractivity (Wildman–Crippen MR) is 76.2 cm³/mol. The third kappa shape index (κ3) is 2.22. The molecular weight excluding hydrogens is 252 g/mol. The second kappa shape index (κ2) is 4.62. The highest BCUT2D eigenvalue weighted by Gasteiger charge is 2.51.